The molecule has 0 saturated carbocycles. The van der Waals surface area contributed by atoms with E-state index in [-0.39, 0.29) is 0 Å². The Labute approximate surface area is 80.4 Å². The van der Waals surface area contributed by atoms with E-state index >= 15 is 0 Å². The second-order valence-corrected chi connectivity index (χ2v) is 4.05. The first-order valence-electron chi connectivity index (χ1n) is 4.67. The first-order valence-corrected chi connectivity index (χ1v) is 4.67. The van der Waals surface area contributed by atoms with Crippen LogP contribution < -0.4 is 0 Å². The summed E-state index contributed by atoms with van der Waals surface area (Å²) in [6, 6.07) is 0.403. The zero-order valence-corrected chi connectivity index (χ0v) is 9.15. The fraction of sp³-hybridized carbons (Fsp3) is 0.700. The average Bonchev–Trinajstić information content (AvgIpc) is 2.35. The lowest BCUT2D eigenvalue weighted by molar-refractivity contribution is 0.220. The molecule has 74 valence electrons. The Kier molecular flexibility index (Phi) is 3.09. The summed E-state index contributed by atoms with van der Waals surface area (Å²) in [5.41, 5.74) is 0. The van der Waals surface area contributed by atoms with Crippen molar-refractivity contribution in [2.24, 2.45) is 13.0 Å². The van der Waals surface area contributed by atoms with Gasteiger partial charge >= 0.3 is 0 Å². The molecular weight excluding hydrogens is 162 g/mol. The minimum Gasteiger partial charge on any atom is -0.337 e. The third-order valence-electron chi connectivity index (χ3n) is 2.31. The zero-order chi connectivity index (χ0) is 10.0. The quantitative estimate of drug-likeness (QED) is 0.707. The Morgan fingerprint density at radius 1 is 1.38 bits per heavy atom. The largest absolute Gasteiger partial charge is 0.337 e. The van der Waals surface area contributed by atoms with E-state index in [1.807, 2.05) is 19.4 Å². The standard InChI is InChI=1S/C10H19N3/c1-8(2)9(12(3)4)10-11-6-7-13(10)5/h6-9H,1-5H3. The summed E-state index contributed by atoms with van der Waals surface area (Å²) in [5, 5.41) is 0. The molecule has 0 fully saturated rings. The molecule has 0 spiro atoms. The first-order chi connectivity index (χ1) is 6.04. The molecule has 1 aromatic rings. The summed E-state index contributed by atoms with van der Waals surface area (Å²) in [5.74, 6) is 1.72. The molecular formula is C10H19N3. The fourth-order valence-corrected chi connectivity index (χ4v) is 1.79. The van der Waals surface area contributed by atoms with Crippen LogP contribution >= 0.6 is 0 Å². The molecule has 13 heavy (non-hydrogen) atoms. The van der Waals surface area contributed by atoms with Gasteiger partial charge < -0.3 is 4.57 Å². The predicted molar refractivity (Wildman–Crippen MR) is 54.5 cm³/mol. The smallest absolute Gasteiger partial charge is 0.126 e. The van der Waals surface area contributed by atoms with E-state index < -0.39 is 0 Å². The van der Waals surface area contributed by atoms with Gasteiger partial charge in [-0.05, 0) is 20.0 Å². The van der Waals surface area contributed by atoms with Gasteiger partial charge in [0.2, 0.25) is 0 Å². The summed E-state index contributed by atoms with van der Waals surface area (Å²) in [4.78, 5) is 6.60. The van der Waals surface area contributed by atoms with Crippen molar-refractivity contribution in [1.82, 2.24) is 14.5 Å². The summed E-state index contributed by atoms with van der Waals surface area (Å²) < 4.78 is 2.09. The molecule has 3 nitrogen and oxygen atoms in total. The minimum atomic E-state index is 0.403. The molecule has 0 aromatic carbocycles. The second-order valence-electron chi connectivity index (χ2n) is 4.05. The highest BCUT2D eigenvalue weighted by atomic mass is 15.2. The van der Waals surface area contributed by atoms with Gasteiger partial charge in [0, 0.05) is 19.4 Å². The number of aryl methyl sites for hydroxylation is 1. The van der Waals surface area contributed by atoms with Crippen LogP contribution in [-0.2, 0) is 7.05 Å². The average molecular weight is 181 g/mol. The molecule has 1 heterocycles. The molecule has 0 bridgehead atoms. The molecule has 0 N–H and O–H groups in total. The minimum absolute atomic E-state index is 0.403. The fourth-order valence-electron chi connectivity index (χ4n) is 1.79. The van der Waals surface area contributed by atoms with Crippen molar-refractivity contribution in [2.75, 3.05) is 14.1 Å². The molecule has 0 amide bonds. The van der Waals surface area contributed by atoms with E-state index in [4.69, 9.17) is 0 Å². The van der Waals surface area contributed by atoms with Crippen LogP contribution in [0.1, 0.15) is 25.7 Å². The highest BCUT2D eigenvalue weighted by molar-refractivity contribution is 4.99. The molecule has 1 aromatic heterocycles. The van der Waals surface area contributed by atoms with Crippen LogP contribution in [0.25, 0.3) is 0 Å². The van der Waals surface area contributed by atoms with Crippen molar-refractivity contribution in [2.45, 2.75) is 19.9 Å². The topological polar surface area (TPSA) is 21.1 Å². The number of imidazole rings is 1. The number of aromatic nitrogens is 2. The summed E-state index contributed by atoms with van der Waals surface area (Å²) >= 11 is 0. The number of rotatable bonds is 3. The molecule has 1 unspecified atom stereocenters. The Morgan fingerprint density at radius 2 is 2.00 bits per heavy atom. The van der Waals surface area contributed by atoms with Crippen molar-refractivity contribution in [3.63, 3.8) is 0 Å². The molecule has 1 rings (SSSR count). The van der Waals surface area contributed by atoms with Crippen LogP contribution in [0.15, 0.2) is 12.4 Å². The Hall–Kier alpha value is -0.830. The van der Waals surface area contributed by atoms with E-state index in [0.717, 1.165) is 5.82 Å². The maximum atomic E-state index is 4.38. The van der Waals surface area contributed by atoms with Gasteiger partial charge in [-0.25, -0.2) is 4.98 Å². The van der Waals surface area contributed by atoms with Gasteiger partial charge in [-0.3, -0.25) is 4.90 Å². The van der Waals surface area contributed by atoms with Gasteiger partial charge in [0.15, 0.2) is 0 Å². The monoisotopic (exact) mass is 181 g/mol. The summed E-state index contributed by atoms with van der Waals surface area (Å²) in [6.45, 7) is 4.44. The van der Waals surface area contributed by atoms with E-state index in [9.17, 15) is 0 Å². The zero-order valence-electron chi connectivity index (χ0n) is 9.15. The Morgan fingerprint density at radius 3 is 2.31 bits per heavy atom. The molecule has 3 heteroatoms. The van der Waals surface area contributed by atoms with Crippen molar-refractivity contribution >= 4 is 0 Å². The number of hydrogen-bond donors (Lipinski definition) is 0. The third-order valence-corrected chi connectivity index (χ3v) is 2.31. The van der Waals surface area contributed by atoms with Crippen molar-refractivity contribution in [3.8, 4) is 0 Å². The lowest BCUT2D eigenvalue weighted by atomic mass is 10.0. The normalized spacial score (nSPS) is 14.1. The lowest BCUT2D eigenvalue weighted by Crippen LogP contribution is -2.27. The predicted octanol–water partition coefficient (Wildman–Crippen LogP) is 1.68. The maximum Gasteiger partial charge on any atom is 0.126 e. The first kappa shape index (κ1) is 10.3. The van der Waals surface area contributed by atoms with Gasteiger partial charge in [-0.2, -0.15) is 0 Å². The van der Waals surface area contributed by atoms with Gasteiger partial charge in [0.25, 0.3) is 0 Å². The van der Waals surface area contributed by atoms with Crippen molar-refractivity contribution in [1.29, 1.82) is 0 Å². The maximum absolute atomic E-state index is 4.38. The van der Waals surface area contributed by atoms with Gasteiger partial charge in [0.1, 0.15) is 5.82 Å². The number of hydrogen-bond acceptors (Lipinski definition) is 2. The van der Waals surface area contributed by atoms with E-state index in [1.165, 1.54) is 0 Å². The van der Waals surface area contributed by atoms with Gasteiger partial charge in [0.05, 0.1) is 6.04 Å². The van der Waals surface area contributed by atoms with E-state index in [2.05, 4.69) is 42.4 Å². The molecule has 0 aliphatic carbocycles. The van der Waals surface area contributed by atoms with E-state index in [1.54, 1.807) is 0 Å². The molecule has 1 atom stereocenters. The van der Waals surface area contributed by atoms with E-state index in [0.29, 0.717) is 12.0 Å². The van der Waals surface area contributed by atoms with Crippen molar-refractivity contribution < 1.29 is 0 Å². The summed E-state index contributed by atoms with van der Waals surface area (Å²) in [7, 11) is 6.24. The molecule has 0 radical (unpaired) electrons. The SMILES string of the molecule is CC(C)C(c1nccn1C)N(C)C. The van der Waals surface area contributed by atoms with Crippen LogP contribution in [0.4, 0.5) is 0 Å². The van der Waals surface area contributed by atoms with Crippen LogP contribution in [0, 0.1) is 5.92 Å². The third kappa shape index (κ3) is 2.10. The van der Waals surface area contributed by atoms with Crippen LogP contribution in [0.3, 0.4) is 0 Å². The van der Waals surface area contributed by atoms with Crippen molar-refractivity contribution in [3.05, 3.63) is 18.2 Å². The number of nitrogens with zero attached hydrogens (tertiary/aromatic N) is 3. The van der Waals surface area contributed by atoms with Gasteiger partial charge in [-0.15, -0.1) is 0 Å². The second kappa shape index (κ2) is 3.92. The van der Waals surface area contributed by atoms with Crippen LogP contribution in [0.5, 0.6) is 0 Å². The molecule has 0 aliphatic rings. The Bertz CT molecular complexity index is 255. The molecule has 0 saturated heterocycles. The highest BCUT2D eigenvalue weighted by Gasteiger charge is 2.21. The molecule has 0 aliphatic heterocycles. The lowest BCUT2D eigenvalue weighted by Gasteiger charge is -2.27. The van der Waals surface area contributed by atoms with Gasteiger partial charge in [-0.1, -0.05) is 13.8 Å². The summed E-state index contributed by atoms with van der Waals surface area (Å²) in [6.07, 6.45) is 3.85. The van der Waals surface area contributed by atoms with Crippen LogP contribution in [-0.4, -0.2) is 28.5 Å². The van der Waals surface area contributed by atoms with Crippen LogP contribution in [0.2, 0.25) is 0 Å². The Balaban J connectivity index is 2.95. The highest BCUT2D eigenvalue weighted by Crippen LogP contribution is 2.24.